The number of esters is 1. The van der Waals surface area contributed by atoms with Crippen LogP contribution in [0.5, 0.6) is 0 Å². The number of imidazole rings is 1. The van der Waals surface area contributed by atoms with E-state index in [0.29, 0.717) is 44.3 Å². The molecule has 1 aromatic carbocycles. The van der Waals surface area contributed by atoms with E-state index in [0.717, 1.165) is 35.5 Å². The summed E-state index contributed by atoms with van der Waals surface area (Å²) in [6.07, 6.45) is 4.45. The van der Waals surface area contributed by atoms with Gasteiger partial charge in [0.25, 0.3) is 5.92 Å². The lowest BCUT2D eigenvalue weighted by Gasteiger charge is -2.36. The summed E-state index contributed by atoms with van der Waals surface area (Å²) < 4.78 is 49.2. The summed E-state index contributed by atoms with van der Waals surface area (Å²) in [6.45, 7) is 1.93. The lowest BCUT2D eigenvalue weighted by molar-refractivity contribution is -0.154. The highest BCUT2D eigenvalue weighted by Gasteiger charge is 2.54. The van der Waals surface area contributed by atoms with Crippen LogP contribution >= 0.6 is 0 Å². The standard InChI is InChI=1S/C29H36F3N3O3/c1-19(2)38-26(36)20-8-7-13-28(16-20)21-9-3-5-11-23(21)34(27(28)37)17-25-33-22-10-4-6-12-24(22)35(25)18-29(31,32)14-15-30/h3,5,9,11,19-20H,4,6-8,10,12-18H2,1-2H3. The van der Waals surface area contributed by atoms with Gasteiger partial charge in [-0.3, -0.25) is 14.0 Å². The maximum atomic E-state index is 14.6. The first-order chi connectivity index (χ1) is 18.1. The molecule has 2 aliphatic carbocycles. The fourth-order valence-electron chi connectivity index (χ4n) is 6.55. The topological polar surface area (TPSA) is 64.4 Å². The maximum Gasteiger partial charge on any atom is 0.309 e. The highest BCUT2D eigenvalue weighted by molar-refractivity contribution is 6.08. The van der Waals surface area contributed by atoms with Gasteiger partial charge in [-0.2, -0.15) is 0 Å². The van der Waals surface area contributed by atoms with Crippen LogP contribution in [0.1, 0.15) is 81.6 Å². The molecule has 2 unspecified atom stereocenters. The largest absolute Gasteiger partial charge is 0.463 e. The lowest BCUT2D eigenvalue weighted by Crippen LogP contribution is -2.45. The number of alkyl halides is 3. The zero-order valence-corrected chi connectivity index (χ0v) is 22.1. The first-order valence-electron chi connectivity index (χ1n) is 13.8. The zero-order chi connectivity index (χ0) is 27.1. The highest BCUT2D eigenvalue weighted by Crippen LogP contribution is 2.52. The van der Waals surface area contributed by atoms with E-state index in [4.69, 9.17) is 9.72 Å². The molecule has 206 valence electrons. The van der Waals surface area contributed by atoms with Crippen molar-refractivity contribution >= 4 is 17.6 Å². The van der Waals surface area contributed by atoms with Crippen LogP contribution < -0.4 is 4.90 Å². The van der Waals surface area contributed by atoms with Crippen molar-refractivity contribution < 1.29 is 27.5 Å². The predicted octanol–water partition coefficient (Wildman–Crippen LogP) is 5.68. The van der Waals surface area contributed by atoms with Gasteiger partial charge in [0, 0.05) is 17.8 Å². The van der Waals surface area contributed by atoms with E-state index in [1.165, 1.54) is 4.57 Å². The van der Waals surface area contributed by atoms with Crippen LogP contribution in [0, 0.1) is 5.92 Å². The Morgan fingerprint density at radius 1 is 1.21 bits per heavy atom. The summed E-state index contributed by atoms with van der Waals surface area (Å²) in [4.78, 5) is 33.4. The molecule has 0 radical (unpaired) electrons. The number of nitrogens with zero attached hydrogens (tertiary/aromatic N) is 3. The third-order valence-corrected chi connectivity index (χ3v) is 8.26. The van der Waals surface area contributed by atoms with Crippen molar-refractivity contribution in [3.8, 4) is 0 Å². The number of benzene rings is 1. The minimum atomic E-state index is -3.21. The Labute approximate surface area is 221 Å². The molecule has 2 heterocycles. The van der Waals surface area contributed by atoms with Gasteiger partial charge in [0.15, 0.2) is 0 Å². The Kier molecular flexibility index (Phi) is 7.31. The van der Waals surface area contributed by atoms with E-state index >= 15 is 0 Å². The van der Waals surface area contributed by atoms with Gasteiger partial charge in [0.2, 0.25) is 5.91 Å². The molecule has 1 spiro atoms. The van der Waals surface area contributed by atoms with Crippen LogP contribution in [0.4, 0.5) is 18.9 Å². The zero-order valence-electron chi connectivity index (χ0n) is 22.1. The quantitative estimate of drug-likeness (QED) is 0.411. The molecule has 1 amide bonds. The summed E-state index contributed by atoms with van der Waals surface area (Å²) in [6, 6.07) is 7.57. The number of aryl methyl sites for hydroxylation is 1. The Morgan fingerprint density at radius 3 is 2.74 bits per heavy atom. The second-order valence-electron chi connectivity index (χ2n) is 11.3. The van der Waals surface area contributed by atoms with E-state index in [-0.39, 0.29) is 30.4 Å². The van der Waals surface area contributed by atoms with Crippen LogP contribution in [-0.2, 0) is 45.7 Å². The number of ether oxygens (including phenoxy) is 1. The molecule has 1 saturated carbocycles. The van der Waals surface area contributed by atoms with Gasteiger partial charge in [-0.1, -0.05) is 24.6 Å². The minimum Gasteiger partial charge on any atom is -0.463 e. The van der Waals surface area contributed by atoms with Crippen molar-refractivity contribution in [3.63, 3.8) is 0 Å². The van der Waals surface area contributed by atoms with Gasteiger partial charge in [0.05, 0.1) is 42.9 Å². The molecule has 9 heteroatoms. The molecule has 2 aromatic rings. The number of hydrogen-bond acceptors (Lipinski definition) is 4. The van der Waals surface area contributed by atoms with Crippen LogP contribution in [0.3, 0.4) is 0 Å². The molecule has 1 fully saturated rings. The number of rotatable bonds is 8. The summed E-state index contributed by atoms with van der Waals surface area (Å²) in [5.41, 5.74) is 2.32. The molecule has 5 rings (SSSR count). The maximum absolute atomic E-state index is 14.6. The Bertz CT molecular complexity index is 1210. The summed E-state index contributed by atoms with van der Waals surface area (Å²) in [5.74, 6) is -3.58. The van der Waals surface area contributed by atoms with E-state index in [2.05, 4.69) is 0 Å². The van der Waals surface area contributed by atoms with E-state index in [1.54, 1.807) is 4.90 Å². The van der Waals surface area contributed by atoms with Crippen LogP contribution in [0.25, 0.3) is 0 Å². The second kappa shape index (κ2) is 10.4. The third kappa shape index (κ3) is 4.84. The van der Waals surface area contributed by atoms with Crippen molar-refractivity contribution in [2.24, 2.45) is 5.92 Å². The highest BCUT2D eigenvalue weighted by atomic mass is 19.3. The van der Waals surface area contributed by atoms with Crippen LogP contribution in [0.2, 0.25) is 0 Å². The predicted molar refractivity (Wildman–Crippen MR) is 137 cm³/mol. The normalized spacial score (nSPS) is 23.2. The lowest BCUT2D eigenvalue weighted by atomic mass is 9.66. The number of halogens is 3. The van der Waals surface area contributed by atoms with Gasteiger partial charge in [-0.15, -0.1) is 0 Å². The summed E-state index contributed by atoms with van der Waals surface area (Å²) >= 11 is 0. The molecule has 1 aliphatic heterocycles. The Morgan fingerprint density at radius 2 is 1.97 bits per heavy atom. The van der Waals surface area contributed by atoms with Gasteiger partial charge in [-0.25, -0.2) is 13.8 Å². The fourth-order valence-corrected chi connectivity index (χ4v) is 6.55. The van der Waals surface area contributed by atoms with Crippen LogP contribution in [-0.4, -0.2) is 40.1 Å². The second-order valence-corrected chi connectivity index (χ2v) is 11.3. The van der Waals surface area contributed by atoms with Crippen molar-refractivity contribution in [1.29, 1.82) is 0 Å². The number of fused-ring (bicyclic) bond motifs is 3. The molecule has 3 aliphatic rings. The molecule has 0 N–H and O–H groups in total. The number of aromatic nitrogens is 2. The average molecular weight is 532 g/mol. The average Bonchev–Trinajstić information content (AvgIpc) is 3.32. The van der Waals surface area contributed by atoms with E-state index in [9.17, 15) is 22.8 Å². The van der Waals surface area contributed by atoms with Crippen molar-refractivity contribution in [3.05, 3.63) is 47.0 Å². The summed E-state index contributed by atoms with van der Waals surface area (Å²) in [5, 5.41) is 0. The SMILES string of the molecule is CC(C)OC(=O)C1CCCC2(C1)C(=O)N(Cc1nc3c(n1CC(F)(F)CCF)CCCC3)c1ccccc12. The number of amides is 1. The van der Waals surface area contributed by atoms with Crippen LogP contribution in [0.15, 0.2) is 24.3 Å². The molecule has 38 heavy (non-hydrogen) atoms. The molecule has 1 aromatic heterocycles. The van der Waals surface area contributed by atoms with Gasteiger partial charge in [0.1, 0.15) is 5.82 Å². The number of anilines is 1. The van der Waals surface area contributed by atoms with Crippen molar-refractivity contribution in [2.45, 2.75) is 102 Å². The van der Waals surface area contributed by atoms with Gasteiger partial charge < -0.3 is 14.2 Å². The van der Waals surface area contributed by atoms with E-state index < -0.39 is 31.0 Å². The first-order valence-corrected chi connectivity index (χ1v) is 13.8. The Hall–Kier alpha value is -2.84. The number of carbonyl (C=O) groups excluding carboxylic acids is 2. The van der Waals surface area contributed by atoms with E-state index in [1.807, 2.05) is 38.1 Å². The number of hydrogen-bond donors (Lipinski definition) is 0. The van der Waals surface area contributed by atoms with Crippen molar-refractivity contribution in [2.75, 3.05) is 11.6 Å². The molecule has 6 nitrogen and oxygen atoms in total. The Balaban J connectivity index is 1.49. The smallest absolute Gasteiger partial charge is 0.309 e. The molecule has 2 atom stereocenters. The number of carbonyl (C=O) groups is 2. The molecule has 0 bridgehead atoms. The molecular weight excluding hydrogens is 495 g/mol. The fraction of sp³-hybridized carbons (Fsp3) is 0.621. The van der Waals surface area contributed by atoms with Crippen molar-refractivity contribution in [1.82, 2.24) is 9.55 Å². The molecular formula is C29H36F3N3O3. The number of para-hydroxylation sites is 1. The van der Waals surface area contributed by atoms with Gasteiger partial charge >= 0.3 is 5.97 Å². The third-order valence-electron chi connectivity index (χ3n) is 8.26. The molecule has 0 saturated heterocycles. The minimum absolute atomic E-state index is 0.0530. The van der Waals surface area contributed by atoms with Gasteiger partial charge in [-0.05, 0) is 70.4 Å². The first kappa shape index (κ1) is 26.8. The monoisotopic (exact) mass is 531 g/mol. The summed E-state index contributed by atoms with van der Waals surface area (Å²) in [7, 11) is 0.